The SMILES string of the molecule is CC[C@H](NC)c1ccc(Br)cc1C. The predicted molar refractivity (Wildman–Crippen MR) is 61.0 cm³/mol. The molecular weight excluding hydrogens is 226 g/mol. The zero-order valence-corrected chi connectivity index (χ0v) is 9.98. The minimum atomic E-state index is 0.480. The van der Waals surface area contributed by atoms with Gasteiger partial charge in [-0.1, -0.05) is 28.9 Å². The Hall–Kier alpha value is -0.340. The number of halogens is 1. The molecule has 1 rings (SSSR count). The van der Waals surface area contributed by atoms with Crippen LogP contribution in [0.25, 0.3) is 0 Å². The van der Waals surface area contributed by atoms with Gasteiger partial charge in [-0.2, -0.15) is 0 Å². The van der Waals surface area contributed by atoms with Crippen LogP contribution in [-0.2, 0) is 0 Å². The van der Waals surface area contributed by atoms with Crippen molar-refractivity contribution in [2.24, 2.45) is 0 Å². The highest BCUT2D eigenvalue weighted by atomic mass is 79.9. The summed E-state index contributed by atoms with van der Waals surface area (Å²) >= 11 is 3.47. The van der Waals surface area contributed by atoms with Crippen molar-refractivity contribution in [3.8, 4) is 0 Å². The second-order valence-electron chi connectivity index (χ2n) is 3.25. The van der Waals surface area contributed by atoms with Crippen molar-refractivity contribution in [1.82, 2.24) is 5.32 Å². The van der Waals surface area contributed by atoms with Crippen LogP contribution >= 0.6 is 15.9 Å². The first-order valence-corrected chi connectivity index (χ1v) is 5.41. The Balaban J connectivity index is 2.99. The fourth-order valence-corrected chi connectivity index (χ4v) is 2.09. The molecule has 0 fully saturated rings. The Bertz CT molecular complexity index is 279. The molecule has 0 radical (unpaired) electrons. The Morgan fingerprint density at radius 2 is 2.15 bits per heavy atom. The van der Waals surface area contributed by atoms with E-state index in [-0.39, 0.29) is 0 Å². The van der Waals surface area contributed by atoms with E-state index < -0.39 is 0 Å². The molecule has 1 nitrogen and oxygen atoms in total. The van der Waals surface area contributed by atoms with E-state index in [0.717, 1.165) is 10.9 Å². The number of hydrogen-bond donors (Lipinski definition) is 1. The van der Waals surface area contributed by atoms with Crippen LogP contribution in [-0.4, -0.2) is 7.05 Å². The van der Waals surface area contributed by atoms with Gasteiger partial charge in [-0.25, -0.2) is 0 Å². The van der Waals surface area contributed by atoms with E-state index in [1.807, 2.05) is 7.05 Å². The molecule has 72 valence electrons. The summed E-state index contributed by atoms with van der Waals surface area (Å²) in [6.45, 7) is 4.35. The standard InChI is InChI=1S/C11H16BrN/c1-4-11(13-3)10-6-5-9(12)7-8(10)2/h5-7,11,13H,4H2,1-3H3/t11-/m0/s1. The third-order valence-corrected chi connectivity index (χ3v) is 2.86. The topological polar surface area (TPSA) is 12.0 Å². The zero-order valence-electron chi connectivity index (χ0n) is 8.39. The quantitative estimate of drug-likeness (QED) is 0.856. The van der Waals surface area contributed by atoms with E-state index in [0.29, 0.717) is 6.04 Å². The van der Waals surface area contributed by atoms with Crippen molar-refractivity contribution in [3.63, 3.8) is 0 Å². The summed E-state index contributed by atoms with van der Waals surface area (Å²) in [6.07, 6.45) is 1.12. The van der Waals surface area contributed by atoms with Crippen molar-refractivity contribution < 1.29 is 0 Å². The van der Waals surface area contributed by atoms with Crippen LogP contribution in [0.4, 0.5) is 0 Å². The van der Waals surface area contributed by atoms with Gasteiger partial charge in [-0.15, -0.1) is 0 Å². The molecule has 1 N–H and O–H groups in total. The molecule has 0 saturated carbocycles. The van der Waals surface area contributed by atoms with Gasteiger partial charge >= 0.3 is 0 Å². The van der Waals surface area contributed by atoms with Crippen LogP contribution in [0.15, 0.2) is 22.7 Å². The van der Waals surface area contributed by atoms with Gasteiger partial charge < -0.3 is 5.32 Å². The van der Waals surface area contributed by atoms with Gasteiger partial charge in [0.1, 0.15) is 0 Å². The maximum atomic E-state index is 3.47. The first kappa shape index (κ1) is 10.7. The molecule has 1 atom stereocenters. The molecule has 0 bridgehead atoms. The van der Waals surface area contributed by atoms with Crippen molar-refractivity contribution in [1.29, 1.82) is 0 Å². The number of hydrogen-bond acceptors (Lipinski definition) is 1. The smallest absolute Gasteiger partial charge is 0.0317 e. The highest BCUT2D eigenvalue weighted by molar-refractivity contribution is 9.10. The number of nitrogens with one attached hydrogen (secondary N) is 1. The number of aryl methyl sites for hydroxylation is 1. The minimum absolute atomic E-state index is 0.480. The van der Waals surface area contributed by atoms with Gasteiger partial charge in [0.05, 0.1) is 0 Å². The molecule has 0 unspecified atom stereocenters. The van der Waals surface area contributed by atoms with Gasteiger partial charge in [0.25, 0.3) is 0 Å². The molecule has 0 amide bonds. The van der Waals surface area contributed by atoms with Crippen molar-refractivity contribution in [3.05, 3.63) is 33.8 Å². The molecular formula is C11H16BrN. The second kappa shape index (κ2) is 4.77. The van der Waals surface area contributed by atoms with Crippen molar-refractivity contribution in [2.45, 2.75) is 26.3 Å². The predicted octanol–water partition coefficient (Wildman–Crippen LogP) is 3.43. The maximum Gasteiger partial charge on any atom is 0.0317 e. The van der Waals surface area contributed by atoms with Gasteiger partial charge in [-0.3, -0.25) is 0 Å². The summed E-state index contributed by atoms with van der Waals surface area (Å²) in [5.74, 6) is 0. The number of benzene rings is 1. The largest absolute Gasteiger partial charge is 0.313 e. The average Bonchev–Trinajstić information content (AvgIpc) is 2.10. The molecule has 1 aromatic carbocycles. The van der Waals surface area contributed by atoms with Gasteiger partial charge in [-0.05, 0) is 43.7 Å². The zero-order chi connectivity index (χ0) is 9.84. The van der Waals surface area contributed by atoms with Crippen LogP contribution < -0.4 is 5.32 Å². The lowest BCUT2D eigenvalue weighted by Crippen LogP contribution is -2.16. The molecule has 0 aromatic heterocycles. The summed E-state index contributed by atoms with van der Waals surface area (Å²) in [4.78, 5) is 0. The second-order valence-corrected chi connectivity index (χ2v) is 4.17. The molecule has 0 spiro atoms. The average molecular weight is 242 g/mol. The van der Waals surface area contributed by atoms with Crippen LogP contribution in [0.2, 0.25) is 0 Å². The third-order valence-electron chi connectivity index (χ3n) is 2.36. The molecule has 0 aliphatic rings. The molecule has 0 aliphatic heterocycles. The summed E-state index contributed by atoms with van der Waals surface area (Å²) < 4.78 is 1.15. The van der Waals surface area contributed by atoms with Gasteiger partial charge in [0, 0.05) is 10.5 Å². The lowest BCUT2D eigenvalue weighted by molar-refractivity contribution is 0.574. The monoisotopic (exact) mass is 241 g/mol. The molecule has 13 heavy (non-hydrogen) atoms. The Morgan fingerprint density at radius 3 is 2.62 bits per heavy atom. The third kappa shape index (κ3) is 2.55. The molecule has 1 aromatic rings. The van der Waals surface area contributed by atoms with E-state index >= 15 is 0 Å². The molecule has 0 saturated heterocycles. The fourth-order valence-electron chi connectivity index (χ4n) is 1.61. The maximum absolute atomic E-state index is 3.47. The van der Waals surface area contributed by atoms with Crippen molar-refractivity contribution in [2.75, 3.05) is 7.05 Å². The van der Waals surface area contributed by atoms with Crippen LogP contribution in [0, 0.1) is 6.92 Å². The van der Waals surface area contributed by atoms with E-state index in [4.69, 9.17) is 0 Å². The van der Waals surface area contributed by atoms with E-state index in [9.17, 15) is 0 Å². The van der Waals surface area contributed by atoms with Gasteiger partial charge in [0.15, 0.2) is 0 Å². The lowest BCUT2D eigenvalue weighted by atomic mass is 10.00. The van der Waals surface area contributed by atoms with E-state index in [1.165, 1.54) is 11.1 Å². The summed E-state index contributed by atoms with van der Waals surface area (Å²) in [7, 11) is 2.01. The Kier molecular flexibility index (Phi) is 3.94. The Morgan fingerprint density at radius 1 is 1.46 bits per heavy atom. The number of rotatable bonds is 3. The highest BCUT2D eigenvalue weighted by Crippen LogP contribution is 2.23. The van der Waals surface area contributed by atoms with Crippen molar-refractivity contribution >= 4 is 15.9 Å². The van der Waals surface area contributed by atoms with Crippen LogP contribution in [0.5, 0.6) is 0 Å². The Labute approximate surface area is 88.7 Å². The highest BCUT2D eigenvalue weighted by Gasteiger charge is 2.08. The first-order chi connectivity index (χ1) is 6.19. The molecule has 2 heteroatoms. The minimum Gasteiger partial charge on any atom is -0.313 e. The van der Waals surface area contributed by atoms with Gasteiger partial charge in [0.2, 0.25) is 0 Å². The summed E-state index contributed by atoms with van der Waals surface area (Å²) in [5, 5.41) is 3.31. The van der Waals surface area contributed by atoms with E-state index in [1.54, 1.807) is 0 Å². The fraction of sp³-hybridized carbons (Fsp3) is 0.455. The summed E-state index contributed by atoms with van der Waals surface area (Å²) in [5.41, 5.74) is 2.74. The lowest BCUT2D eigenvalue weighted by Gasteiger charge is -2.16. The normalized spacial score (nSPS) is 12.9. The molecule has 0 heterocycles. The summed E-state index contributed by atoms with van der Waals surface area (Å²) in [6, 6.07) is 6.93. The first-order valence-electron chi connectivity index (χ1n) is 4.62. The van der Waals surface area contributed by atoms with E-state index in [2.05, 4.69) is 53.3 Å². The van der Waals surface area contributed by atoms with Crippen LogP contribution in [0.1, 0.15) is 30.5 Å². The molecule has 0 aliphatic carbocycles. The van der Waals surface area contributed by atoms with Crippen LogP contribution in [0.3, 0.4) is 0 Å².